The predicted molar refractivity (Wildman–Crippen MR) is 148 cm³/mol. The highest BCUT2D eigenvalue weighted by atomic mass is 35.5. The number of halogens is 2. The molecule has 0 saturated carbocycles. The summed E-state index contributed by atoms with van der Waals surface area (Å²) in [5.41, 5.74) is 2.18. The number of nitrogens with zero attached hydrogens (tertiary/aromatic N) is 6. The fraction of sp³-hybridized carbons (Fsp3) is 0.0714. The highest BCUT2D eigenvalue weighted by molar-refractivity contribution is 6.33. The van der Waals surface area contributed by atoms with Crippen molar-refractivity contribution < 1.29 is 29.3 Å². The van der Waals surface area contributed by atoms with Gasteiger partial charge in [0.15, 0.2) is 0 Å². The van der Waals surface area contributed by atoms with Crippen LogP contribution in [0.1, 0.15) is 34.1 Å². The van der Waals surface area contributed by atoms with E-state index in [-0.39, 0.29) is 47.3 Å². The molecule has 0 spiro atoms. The van der Waals surface area contributed by atoms with Crippen LogP contribution in [0.25, 0.3) is 34.9 Å². The molecule has 0 amide bonds. The van der Waals surface area contributed by atoms with Gasteiger partial charge in [0.2, 0.25) is 23.5 Å². The molecule has 0 unspecified atom stereocenters. The van der Waals surface area contributed by atoms with Gasteiger partial charge in [0, 0.05) is 34.1 Å². The monoisotopic (exact) mass is 602 g/mol. The Kier molecular flexibility index (Phi) is 5.06. The van der Waals surface area contributed by atoms with Crippen molar-refractivity contribution in [2.75, 3.05) is 0 Å². The van der Waals surface area contributed by atoms with Crippen LogP contribution in [-0.2, 0) is 0 Å². The average Bonchev–Trinajstić information content (AvgIpc) is 3.77. The van der Waals surface area contributed by atoms with E-state index in [1.54, 1.807) is 60.7 Å². The number of hydrogen-bond donors (Lipinski definition) is 4. The summed E-state index contributed by atoms with van der Waals surface area (Å²) in [4.78, 5) is 0. The van der Waals surface area contributed by atoms with Crippen LogP contribution in [-0.4, -0.2) is 50.0 Å². The van der Waals surface area contributed by atoms with Gasteiger partial charge in [-0.2, -0.15) is 0 Å². The Balaban J connectivity index is 1.23. The fourth-order valence-electron chi connectivity index (χ4n) is 5.75. The van der Waals surface area contributed by atoms with E-state index in [0.29, 0.717) is 43.4 Å². The van der Waals surface area contributed by atoms with Crippen LogP contribution < -0.4 is 0 Å². The van der Waals surface area contributed by atoms with Gasteiger partial charge in [-0.1, -0.05) is 69.8 Å². The van der Waals surface area contributed by atoms with Gasteiger partial charge in [-0.05, 0) is 24.3 Å². The Morgan fingerprint density at radius 3 is 1.26 bits per heavy atom. The van der Waals surface area contributed by atoms with Crippen LogP contribution in [0.5, 0.6) is 23.5 Å². The quantitative estimate of drug-likeness (QED) is 0.185. The third-order valence-corrected chi connectivity index (χ3v) is 8.21. The first-order chi connectivity index (χ1) is 20.3. The first-order valence-electron chi connectivity index (χ1n) is 12.5. The minimum atomic E-state index is -0.754. The Hall–Kier alpha value is -5.20. The Bertz CT molecular complexity index is 1900. The van der Waals surface area contributed by atoms with Gasteiger partial charge in [0.05, 0.1) is 21.2 Å². The third kappa shape index (κ3) is 3.18. The van der Waals surface area contributed by atoms with Gasteiger partial charge in [-0.25, -0.2) is 9.13 Å². The lowest BCUT2D eigenvalue weighted by molar-refractivity contribution is 0.375. The Morgan fingerprint density at radius 2 is 0.905 bits per heavy atom. The minimum Gasteiger partial charge on any atom is -0.494 e. The first kappa shape index (κ1) is 24.6. The average molecular weight is 603 g/mol. The van der Waals surface area contributed by atoms with E-state index < -0.39 is 11.8 Å². The van der Waals surface area contributed by atoms with Crippen molar-refractivity contribution >= 4 is 23.2 Å². The normalized spacial score (nSPS) is 16.6. The first-order valence-corrected chi connectivity index (χ1v) is 13.3. The molecule has 3 aliphatic carbocycles. The lowest BCUT2D eigenvalue weighted by Crippen LogP contribution is -2.17. The summed E-state index contributed by atoms with van der Waals surface area (Å²) in [6, 6.07) is 13.4. The molecular formula is C28H16Cl2N6O6. The van der Waals surface area contributed by atoms with E-state index in [1.165, 1.54) is 0 Å². The third-order valence-electron chi connectivity index (χ3n) is 7.55. The van der Waals surface area contributed by atoms with Crippen molar-refractivity contribution in [2.24, 2.45) is 0 Å². The zero-order chi connectivity index (χ0) is 28.9. The van der Waals surface area contributed by atoms with E-state index in [9.17, 15) is 20.4 Å². The van der Waals surface area contributed by atoms with Crippen LogP contribution in [0.3, 0.4) is 0 Å². The molecule has 0 aliphatic heterocycles. The number of allylic oxidation sites excluding steroid dienone is 2. The second-order valence-electron chi connectivity index (χ2n) is 9.70. The zero-order valence-corrected chi connectivity index (χ0v) is 22.5. The number of rotatable bonds is 4. The van der Waals surface area contributed by atoms with Gasteiger partial charge in [0.25, 0.3) is 11.8 Å². The molecule has 4 heterocycles. The number of aromatic nitrogens is 6. The summed E-state index contributed by atoms with van der Waals surface area (Å²) in [7, 11) is 0. The van der Waals surface area contributed by atoms with Gasteiger partial charge in [0.1, 0.15) is 0 Å². The van der Waals surface area contributed by atoms with Gasteiger partial charge in [-0.3, -0.25) is 0 Å². The molecule has 6 aromatic rings. The Labute approximate surface area is 245 Å². The van der Waals surface area contributed by atoms with Crippen molar-refractivity contribution in [3.8, 4) is 58.5 Å². The van der Waals surface area contributed by atoms with E-state index in [4.69, 9.17) is 32.0 Å². The van der Waals surface area contributed by atoms with E-state index in [0.717, 1.165) is 9.13 Å². The molecule has 208 valence electrons. The molecule has 9 rings (SSSR count). The zero-order valence-electron chi connectivity index (χ0n) is 21.0. The van der Waals surface area contributed by atoms with Crippen LogP contribution in [0, 0.1) is 0 Å². The molecular weight excluding hydrogens is 587 g/mol. The number of aromatic hydroxyl groups is 4. The highest BCUT2D eigenvalue weighted by Crippen LogP contribution is 2.61. The second-order valence-corrected chi connectivity index (χ2v) is 10.5. The largest absolute Gasteiger partial charge is 0.494 e. The predicted octanol–water partition coefficient (Wildman–Crippen LogP) is 5.64. The summed E-state index contributed by atoms with van der Waals surface area (Å²) in [6.07, 6.45) is 3.52. The van der Waals surface area contributed by atoms with E-state index in [2.05, 4.69) is 20.4 Å². The van der Waals surface area contributed by atoms with Crippen molar-refractivity contribution in [1.29, 1.82) is 0 Å². The molecule has 3 aliphatic rings. The van der Waals surface area contributed by atoms with E-state index in [1.807, 2.05) is 0 Å². The Morgan fingerprint density at radius 1 is 0.548 bits per heavy atom. The number of benzene rings is 2. The molecule has 4 N–H and O–H groups in total. The van der Waals surface area contributed by atoms with Crippen LogP contribution in [0.15, 0.2) is 69.5 Å². The van der Waals surface area contributed by atoms with Crippen LogP contribution in [0.2, 0.25) is 10.0 Å². The summed E-state index contributed by atoms with van der Waals surface area (Å²) >= 11 is 12.5. The molecule has 2 aromatic carbocycles. The van der Waals surface area contributed by atoms with Crippen molar-refractivity contribution in [3.05, 3.63) is 93.0 Å². The molecule has 0 radical (unpaired) electrons. The topological polar surface area (TPSA) is 169 Å². The molecule has 4 aromatic heterocycles. The molecule has 2 bridgehead atoms. The molecule has 0 atom stereocenters. The van der Waals surface area contributed by atoms with Crippen molar-refractivity contribution in [1.82, 2.24) is 29.5 Å². The lowest BCUT2D eigenvalue weighted by atomic mass is 9.70. The van der Waals surface area contributed by atoms with Gasteiger partial charge >= 0.3 is 12.0 Å². The molecule has 0 saturated heterocycles. The highest BCUT2D eigenvalue weighted by Gasteiger charge is 2.47. The molecule has 12 nitrogen and oxygen atoms in total. The summed E-state index contributed by atoms with van der Waals surface area (Å²) in [5.74, 6) is -2.80. The standard InChI is InChI=1S/C28H16Cl2N6O6/c29-15-7-3-1-5-11(15)21-31-33-27(41-21)35-23(37)17-13-9-10-14(18(17)24(35)38)20-19(13)25(39)36(26(20)40)28-34-32-22(42-28)12-6-2-4-8-16(12)30/h1-10,13-14,37-40H. The maximum Gasteiger partial charge on any atom is 0.332 e. The maximum absolute atomic E-state index is 11.3. The number of hydrogen-bond acceptors (Lipinski definition) is 10. The SMILES string of the molecule is Oc1c2c(c(O)n1-c1nnc(-c3ccccc3Cl)o1)C1C=CC2c2c1c(O)n(-c1nnc(-c3ccccc3Cl)o1)c2O. The molecule has 14 heteroatoms. The van der Waals surface area contributed by atoms with Gasteiger partial charge in [-0.15, -0.1) is 10.2 Å². The molecule has 42 heavy (non-hydrogen) atoms. The van der Waals surface area contributed by atoms with E-state index >= 15 is 0 Å². The van der Waals surface area contributed by atoms with Crippen molar-refractivity contribution in [3.63, 3.8) is 0 Å². The van der Waals surface area contributed by atoms with Crippen LogP contribution in [0.4, 0.5) is 0 Å². The molecule has 0 fully saturated rings. The van der Waals surface area contributed by atoms with Gasteiger partial charge < -0.3 is 29.3 Å². The lowest BCUT2D eigenvalue weighted by Gasteiger charge is -2.31. The summed E-state index contributed by atoms with van der Waals surface area (Å²) in [5, 5.41) is 62.2. The summed E-state index contributed by atoms with van der Waals surface area (Å²) in [6.45, 7) is 0. The second kappa shape index (κ2) is 8.65. The minimum absolute atomic E-state index is 0.0890. The van der Waals surface area contributed by atoms with Crippen LogP contribution >= 0.6 is 23.2 Å². The fourth-order valence-corrected chi connectivity index (χ4v) is 6.18. The summed E-state index contributed by atoms with van der Waals surface area (Å²) < 4.78 is 13.6. The maximum atomic E-state index is 11.3. The van der Waals surface area contributed by atoms with Crippen molar-refractivity contribution in [2.45, 2.75) is 11.8 Å². The smallest absolute Gasteiger partial charge is 0.332 e.